The molecule has 5 nitrogen and oxygen atoms in total. The fourth-order valence-corrected chi connectivity index (χ4v) is 2.80. The van der Waals surface area contributed by atoms with Crippen LogP contribution >= 0.6 is 0 Å². The van der Waals surface area contributed by atoms with Crippen LogP contribution in [0.1, 0.15) is 36.5 Å². The lowest BCUT2D eigenvalue weighted by Crippen LogP contribution is -2.37. The highest BCUT2D eigenvalue weighted by atomic mass is 16.5. The molecule has 28 heavy (non-hydrogen) atoms. The van der Waals surface area contributed by atoms with Crippen LogP contribution < -0.4 is 10.6 Å². The second-order valence-corrected chi connectivity index (χ2v) is 6.50. The van der Waals surface area contributed by atoms with E-state index in [0.29, 0.717) is 19.8 Å². The molecule has 5 heteroatoms. The van der Waals surface area contributed by atoms with E-state index >= 15 is 0 Å². The Morgan fingerprint density at radius 3 is 2.36 bits per heavy atom. The van der Waals surface area contributed by atoms with Gasteiger partial charge in [0.2, 0.25) is 0 Å². The third-order valence-corrected chi connectivity index (χ3v) is 4.37. The second-order valence-electron chi connectivity index (χ2n) is 6.50. The number of hydrogen-bond donors (Lipinski definition) is 2. The summed E-state index contributed by atoms with van der Waals surface area (Å²) in [5.41, 5.74) is 3.60. The zero-order valence-electron chi connectivity index (χ0n) is 17.1. The van der Waals surface area contributed by atoms with Crippen molar-refractivity contribution in [3.63, 3.8) is 0 Å². The van der Waals surface area contributed by atoms with Crippen molar-refractivity contribution in [2.24, 2.45) is 4.99 Å². The zero-order chi connectivity index (χ0) is 19.9. The normalized spacial score (nSPS) is 11.4. The maximum absolute atomic E-state index is 5.91. The van der Waals surface area contributed by atoms with Crippen molar-refractivity contribution in [2.75, 3.05) is 26.8 Å². The van der Waals surface area contributed by atoms with Crippen LogP contribution in [-0.2, 0) is 29.2 Å². The summed E-state index contributed by atoms with van der Waals surface area (Å²) in [5.74, 6) is 0.816. The van der Waals surface area contributed by atoms with Crippen LogP contribution in [0, 0.1) is 0 Å². The van der Waals surface area contributed by atoms with Gasteiger partial charge in [0, 0.05) is 33.4 Å². The Hall–Kier alpha value is -2.37. The van der Waals surface area contributed by atoms with E-state index in [1.807, 2.05) is 25.1 Å². The zero-order valence-corrected chi connectivity index (χ0v) is 17.1. The lowest BCUT2D eigenvalue weighted by Gasteiger charge is -2.14. The van der Waals surface area contributed by atoms with Crippen molar-refractivity contribution in [1.29, 1.82) is 0 Å². The predicted molar refractivity (Wildman–Crippen MR) is 115 cm³/mol. The van der Waals surface area contributed by atoms with E-state index in [-0.39, 0.29) is 0 Å². The Bertz CT molecular complexity index is 689. The van der Waals surface area contributed by atoms with E-state index in [1.165, 1.54) is 16.7 Å². The SMILES string of the molecule is CCOCCCCNC(=NC)NCc1ccccc1COCc1ccccc1. The molecule has 0 aliphatic carbocycles. The van der Waals surface area contributed by atoms with Gasteiger partial charge >= 0.3 is 0 Å². The van der Waals surface area contributed by atoms with E-state index in [1.54, 1.807) is 7.05 Å². The quantitative estimate of drug-likeness (QED) is 0.332. The van der Waals surface area contributed by atoms with Crippen molar-refractivity contribution in [2.45, 2.75) is 39.5 Å². The number of rotatable bonds is 12. The highest BCUT2D eigenvalue weighted by Crippen LogP contribution is 2.11. The number of nitrogens with zero attached hydrogens (tertiary/aromatic N) is 1. The third kappa shape index (κ3) is 8.55. The topological polar surface area (TPSA) is 54.9 Å². The molecule has 0 aromatic heterocycles. The van der Waals surface area contributed by atoms with Crippen LogP contribution in [0.3, 0.4) is 0 Å². The monoisotopic (exact) mass is 383 g/mol. The largest absolute Gasteiger partial charge is 0.382 e. The van der Waals surface area contributed by atoms with Crippen molar-refractivity contribution in [1.82, 2.24) is 10.6 Å². The smallest absolute Gasteiger partial charge is 0.191 e. The van der Waals surface area contributed by atoms with Gasteiger partial charge in [0.15, 0.2) is 5.96 Å². The van der Waals surface area contributed by atoms with Gasteiger partial charge in [0.05, 0.1) is 13.2 Å². The molecule has 0 saturated carbocycles. The summed E-state index contributed by atoms with van der Waals surface area (Å²) in [6, 6.07) is 18.6. The molecule has 152 valence electrons. The second kappa shape index (κ2) is 13.7. The number of guanidine groups is 1. The first-order chi connectivity index (χ1) is 13.8. The predicted octanol–water partition coefficient (Wildman–Crippen LogP) is 3.89. The van der Waals surface area contributed by atoms with Crippen molar-refractivity contribution in [3.05, 3.63) is 71.3 Å². The molecule has 0 unspecified atom stereocenters. The van der Waals surface area contributed by atoms with Crippen molar-refractivity contribution >= 4 is 5.96 Å². The summed E-state index contributed by atoms with van der Waals surface area (Å²) in [4.78, 5) is 4.30. The molecule has 2 rings (SSSR count). The minimum atomic E-state index is 0.593. The van der Waals surface area contributed by atoms with Gasteiger partial charge in [0.25, 0.3) is 0 Å². The Labute approximate surface area is 169 Å². The van der Waals surface area contributed by atoms with Gasteiger partial charge in [-0.25, -0.2) is 0 Å². The first kappa shape index (κ1) is 21.9. The molecule has 0 amide bonds. The van der Waals surface area contributed by atoms with Crippen LogP contribution in [-0.4, -0.2) is 32.8 Å². The molecule has 0 aliphatic rings. The van der Waals surface area contributed by atoms with Crippen molar-refractivity contribution < 1.29 is 9.47 Å². The average Bonchev–Trinajstić information content (AvgIpc) is 2.74. The Morgan fingerprint density at radius 1 is 0.857 bits per heavy atom. The molecular weight excluding hydrogens is 350 g/mol. The molecule has 2 aromatic rings. The molecule has 0 aliphatic heterocycles. The Balaban J connectivity index is 1.75. The van der Waals surface area contributed by atoms with Gasteiger partial charge in [-0.2, -0.15) is 0 Å². The van der Waals surface area contributed by atoms with Gasteiger partial charge in [-0.15, -0.1) is 0 Å². The van der Waals surface area contributed by atoms with E-state index in [9.17, 15) is 0 Å². The minimum absolute atomic E-state index is 0.593. The maximum atomic E-state index is 5.91. The lowest BCUT2D eigenvalue weighted by molar-refractivity contribution is 0.106. The van der Waals surface area contributed by atoms with Crippen molar-refractivity contribution in [3.8, 4) is 0 Å². The van der Waals surface area contributed by atoms with E-state index in [4.69, 9.17) is 9.47 Å². The Morgan fingerprint density at radius 2 is 1.61 bits per heavy atom. The van der Waals surface area contributed by atoms with Gasteiger partial charge in [0.1, 0.15) is 0 Å². The third-order valence-electron chi connectivity index (χ3n) is 4.37. The fourth-order valence-electron chi connectivity index (χ4n) is 2.80. The lowest BCUT2D eigenvalue weighted by atomic mass is 10.1. The van der Waals surface area contributed by atoms with Crippen LogP contribution in [0.5, 0.6) is 0 Å². The molecule has 2 N–H and O–H groups in total. The molecule has 0 atom stereocenters. The van der Waals surface area contributed by atoms with Crippen LogP contribution in [0.15, 0.2) is 59.6 Å². The highest BCUT2D eigenvalue weighted by Gasteiger charge is 2.04. The molecule has 0 spiro atoms. The molecule has 2 aromatic carbocycles. The van der Waals surface area contributed by atoms with E-state index in [0.717, 1.165) is 38.6 Å². The highest BCUT2D eigenvalue weighted by molar-refractivity contribution is 5.79. The van der Waals surface area contributed by atoms with Gasteiger partial charge in [-0.3, -0.25) is 4.99 Å². The molecule has 0 radical (unpaired) electrons. The molecular formula is C23H33N3O2. The molecule has 0 fully saturated rings. The summed E-state index contributed by atoms with van der Waals surface area (Å²) >= 11 is 0. The first-order valence-corrected chi connectivity index (χ1v) is 10.0. The average molecular weight is 384 g/mol. The number of hydrogen-bond acceptors (Lipinski definition) is 3. The molecule has 0 heterocycles. The van der Waals surface area contributed by atoms with Crippen LogP contribution in [0.2, 0.25) is 0 Å². The molecule has 0 bridgehead atoms. The number of unbranched alkanes of at least 4 members (excludes halogenated alkanes) is 1. The molecule has 0 saturated heterocycles. The van der Waals surface area contributed by atoms with Gasteiger partial charge < -0.3 is 20.1 Å². The summed E-state index contributed by atoms with van der Waals surface area (Å²) in [7, 11) is 1.80. The minimum Gasteiger partial charge on any atom is -0.382 e. The number of benzene rings is 2. The maximum Gasteiger partial charge on any atom is 0.191 e. The van der Waals surface area contributed by atoms with Gasteiger partial charge in [-0.1, -0.05) is 54.6 Å². The van der Waals surface area contributed by atoms with Crippen LogP contribution in [0.25, 0.3) is 0 Å². The van der Waals surface area contributed by atoms with Gasteiger partial charge in [-0.05, 0) is 36.5 Å². The standard InChI is InChI=1S/C23H33N3O2/c1-3-27-16-10-9-15-25-23(24-2)26-17-21-13-7-8-14-22(21)19-28-18-20-11-5-4-6-12-20/h4-8,11-14H,3,9-10,15-19H2,1-2H3,(H2,24,25,26). The number of nitrogens with one attached hydrogen (secondary N) is 2. The van der Waals surface area contributed by atoms with E-state index < -0.39 is 0 Å². The van der Waals surface area contributed by atoms with E-state index in [2.05, 4.69) is 52.0 Å². The number of ether oxygens (including phenoxy) is 2. The summed E-state index contributed by atoms with van der Waals surface area (Å²) in [6.45, 7) is 6.43. The summed E-state index contributed by atoms with van der Waals surface area (Å²) in [5, 5.41) is 6.74. The fraction of sp³-hybridized carbons (Fsp3) is 0.435. The Kier molecular flexibility index (Phi) is 10.8. The number of aliphatic imine (C=N–C) groups is 1. The summed E-state index contributed by atoms with van der Waals surface area (Å²) in [6.07, 6.45) is 2.12. The first-order valence-electron chi connectivity index (χ1n) is 10.0. The summed E-state index contributed by atoms with van der Waals surface area (Å²) < 4.78 is 11.3. The van der Waals surface area contributed by atoms with Crippen LogP contribution in [0.4, 0.5) is 0 Å².